The second-order valence-electron chi connectivity index (χ2n) is 4.51. The molecule has 0 aliphatic heterocycles. The number of halogens is 2. The summed E-state index contributed by atoms with van der Waals surface area (Å²) >= 11 is 0. The van der Waals surface area contributed by atoms with E-state index in [0.29, 0.717) is 0 Å². The van der Waals surface area contributed by atoms with Crippen LogP contribution in [0.3, 0.4) is 0 Å². The zero-order chi connectivity index (χ0) is 13.3. The van der Waals surface area contributed by atoms with Crippen LogP contribution in [0.15, 0.2) is 36.4 Å². The number of hydrogen-bond donors (Lipinski definition) is 0. The zero-order valence-corrected chi connectivity index (χ0v) is 20.1. The summed E-state index contributed by atoms with van der Waals surface area (Å²) in [6.45, 7) is 12.8. The molecule has 111 valence electrons. The Hall–Kier alpha value is 0.760. The monoisotopic (exact) mass is 493 g/mol. The summed E-state index contributed by atoms with van der Waals surface area (Å²) in [5, 5.41) is 0. The molecule has 2 aromatic rings. The second kappa shape index (κ2) is 17.8. The molecule has 1 radical (unpaired) electrons. The van der Waals surface area contributed by atoms with E-state index in [1.165, 1.54) is 22.3 Å². The van der Waals surface area contributed by atoms with Gasteiger partial charge in [0.25, 0.3) is 0 Å². The Balaban J connectivity index is -0.0000000956. The van der Waals surface area contributed by atoms with Gasteiger partial charge >= 0.3 is 26.2 Å². The van der Waals surface area contributed by atoms with Gasteiger partial charge < -0.3 is 34.0 Å². The van der Waals surface area contributed by atoms with Crippen molar-refractivity contribution in [3.8, 4) is 0 Å². The van der Waals surface area contributed by atoms with Gasteiger partial charge in [-0.2, -0.15) is 35.4 Å². The first-order valence-corrected chi connectivity index (χ1v) is 8.44. The van der Waals surface area contributed by atoms with Crippen LogP contribution in [-0.4, -0.2) is 9.52 Å². The van der Waals surface area contributed by atoms with E-state index in [4.69, 9.17) is 0 Å². The van der Waals surface area contributed by atoms with Gasteiger partial charge in [0.1, 0.15) is 0 Å². The normalized spacial score (nSPS) is 7.50. The molecule has 0 amide bonds. The Morgan fingerprint density at radius 2 is 1.00 bits per heavy atom. The second-order valence-corrected chi connectivity index (χ2v) is 5.66. The summed E-state index contributed by atoms with van der Waals surface area (Å²) in [4.78, 5) is 0. The van der Waals surface area contributed by atoms with Crippen LogP contribution < -0.4 is 34.0 Å². The van der Waals surface area contributed by atoms with Crippen molar-refractivity contribution in [3.05, 3.63) is 58.7 Å². The van der Waals surface area contributed by atoms with Crippen molar-refractivity contribution in [2.75, 3.05) is 0 Å². The quantitative estimate of drug-likeness (QED) is 0.310. The molecular formula is C16H25Br2SiZr. The first-order chi connectivity index (χ1) is 7.99. The predicted molar refractivity (Wildman–Crippen MR) is 81.9 cm³/mol. The van der Waals surface area contributed by atoms with Gasteiger partial charge in [-0.05, 0) is 0 Å². The Kier molecular flexibility index (Phi) is 25.7. The molecule has 2 aromatic carbocycles. The van der Waals surface area contributed by atoms with Gasteiger partial charge in [-0.3, -0.25) is 0 Å². The van der Waals surface area contributed by atoms with E-state index in [1.54, 1.807) is 0 Å². The van der Waals surface area contributed by atoms with Crippen molar-refractivity contribution in [3.63, 3.8) is 0 Å². The summed E-state index contributed by atoms with van der Waals surface area (Å²) < 4.78 is 0. The number of hydrogen-bond acceptors (Lipinski definition) is 0. The first-order valence-electron chi connectivity index (χ1n) is 6.13. The van der Waals surface area contributed by atoms with Gasteiger partial charge in [-0.25, -0.2) is 23.3 Å². The smallest absolute Gasteiger partial charge is 1.00 e. The molecule has 0 saturated heterocycles. The van der Waals surface area contributed by atoms with Crippen molar-refractivity contribution in [1.29, 1.82) is 0 Å². The largest absolute Gasteiger partial charge is 4.00 e. The third-order valence-electron chi connectivity index (χ3n) is 2.13. The maximum atomic E-state index is 2.21. The number of rotatable bonds is 0. The fraction of sp³-hybridized carbons (Fsp3) is 0.375. The van der Waals surface area contributed by atoms with Gasteiger partial charge in [0.2, 0.25) is 0 Å². The predicted octanol–water partition coefficient (Wildman–Crippen LogP) is -1.43. The standard InChI is InChI=1S/2C7H9.C2H7Si.2BrH.Zr/c2*1-6-3-4-7(2)5-6;1-3-2;;;/h2*3-5H,1-2H3;3H,1-2H3;2*1H;/q2*-1;;;;+4/p-2. The molecule has 0 N–H and O–H groups in total. The zero-order valence-electron chi connectivity index (χ0n) is 13.3. The summed E-state index contributed by atoms with van der Waals surface area (Å²) in [7, 11) is 0.750. The summed E-state index contributed by atoms with van der Waals surface area (Å²) in [6.07, 6.45) is 0. The van der Waals surface area contributed by atoms with E-state index in [1.807, 2.05) is 0 Å². The molecule has 0 aromatic heterocycles. The van der Waals surface area contributed by atoms with E-state index in [9.17, 15) is 0 Å². The maximum Gasteiger partial charge on any atom is 4.00 e. The minimum absolute atomic E-state index is 0. The van der Waals surface area contributed by atoms with Crippen LogP contribution in [-0.2, 0) is 26.2 Å². The Morgan fingerprint density at radius 3 is 1.05 bits per heavy atom. The van der Waals surface area contributed by atoms with Gasteiger partial charge in [0, 0.05) is 9.52 Å². The Bertz CT molecular complexity index is 337. The molecule has 0 aliphatic rings. The van der Waals surface area contributed by atoms with Crippen LogP contribution in [0.1, 0.15) is 22.3 Å². The van der Waals surface area contributed by atoms with E-state index in [-0.39, 0.29) is 60.2 Å². The van der Waals surface area contributed by atoms with Crippen molar-refractivity contribution >= 4 is 9.52 Å². The van der Waals surface area contributed by atoms with Crippen LogP contribution in [0.4, 0.5) is 0 Å². The van der Waals surface area contributed by atoms with Crippen molar-refractivity contribution < 1.29 is 60.2 Å². The van der Waals surface area contributed by atoms with Gasteiger partial charge in [-0.1, -0.05) is 40.8 Å². The summed E-state index contributed by atoms with van der Waals surface area (Å²) in [6, 6.07) is 12.8. The topological polar surface area (TPSA) is 0 Å². The molecule has 0 bridgehead atoms. The van der Waals surface area contributed by atoms with Crippen molar-refractivity contribution in [1.82, 2.24) is 0 Å². The van der Waals surface area contributed by atoms with Crippen molar-refractivity contribution in [2.24, 2.45) is 0 Å². The molecule has 0 spiro atoms. The van der Waals surface area contributed by atoms with Crippen LogP contribution in [0, 0.1) is 27.7 Å². The van der Waals surface area contributed by atoms with Crippen LogP contribution >= 0.6 is 0 Å². The van der Waals surface area contributed by atoms with E-state index < -0.39 is 0 Å². The Morgan fingerprint density at radius 1 is 0.750 bits per heavy atom. The average Bonchev–Trinajstić information content (AvgIpc) is 2.78. The molecule has 20 heavy (non-hydrogen) atoms. The minimum Gasteiger partial charge on any atom is -1.00 e. The summed E-state index contributed by atoms with van der Waals surface area (Å²) in [5.74, 6) is 0. The fourth-order valence-electron chi connectivity index (χ4n) is 1.44. The van der Waals surface area contributed by atoms with Gasteiger partial charge in [-0.15, -0.1) is 0 Å². The number of aryl methyl sites for hydroxylation is 4. The van der Waals surface area contributed by atoms with Crippen LogP contribution in [0.2, 0.25) is 13.1 Å². The van der Waals surface area contributed by atoms with E-state index in [2.05, 4.69) is 77.2 Å². The van der Waals surface area contributed by atoms with Gasteiger partial charge in [0.15, 0.2) is 0 Å². The minimum atomic E-state index is 0. The van der Waals surface area contributed by atoms with E-state index >= 15 is 0 Å². The van der Waals surface area contributed by atoms with Crippen LogP contribution in [0.25, 0.3) is 0 Å². The third kappa shape index (κ3) is 16.8. The molecule has 4 heteroatoms. The average molecular weight is 496 g/mol. The molecule has 0 fully saturated rings. The molecule has 0 heterocycles. The fourth-order valence-corrected chi connectivity index (χ4v) is 1.44. The molecule has 0 unspecified atom stereocenters. The summed E-state index contributed by atoms with van der Waals surface area (Å²) in [5.41, 5.74) is 5.44. The van der Waals surface area contributed by atoms with Crippen LogP contribution in [0.5, 0.6) is 0 Å². The molecule has 0 saturated carbocycles. The Labute approximate surface area is 168 Å². The molecule has 0 aliphatic carbocycles. The first kappa shape index (κ1) is 28.9. The van der Waals surface area contributed by atoms with Gasteiger partial charge in [0.05, 0.1) is 0 Å². The van der Waals surface area contributed by atoms with E-state index in [0.717, 1.165) is 9.52 Å². The molecular weight excluding hydrogens is 471 g/mol. The van der Waals surface area contributed by atoms with Crippen molar-refractivity contribution in [2.45, 2.75) is 40.8 Å². The maximum absolute atomic E-state index is 2.21. The molecule has 0 atom stereocenters. The molecule has 2 rings (SSSR count). The SMILES string of the molecule is C[SiH]C.Cc1c[cH-]c(C)c1.Cc1c[cH-]c(C)c1.[Br-].[Br-].[Zr+4]. The third-order valence-corrected chi connectivity index (χ3v) is 2.13. The molecule has 0 nitrogen and oxygen atoms in total.